The molecule has 0 unspecified atom stereocenters. The van der Waals surface area contributed by atoms with Crippen LogP contribution in [-0.2, 0) is 0 Å². The molecule has 0 aromatic heterocycles. The number of ether oxygens (including phenoxy) is 1. The first kappa shape index (κ1) is 17.5. The predicted molar refractivity (Wildman–Crippen MR) is 86.9 cm³/mol. The van der Waals surface area contributed by atoms with E-state index in [2.05, 4.69) is 37.9 Å². The molecule has 0 fully saturated rings. The molecular weight excluding hydrogens is 264 g/mol. The summed E-state index contributed by atoms with van der Waals surface area (Å²) in [6, 6.07) is 8.29. The molecule has 0 spiro atoms. The highest BCUT2D eigenvalue weighted by molar-refractivity contribution is 5.96. The van der Waals surface area contributed by atoms with Gasteiger partial charge in [0.1, 0.15) is 5.75 Å². The number of benzene rings is 1. The molecule has 0 bridgehead atoms. The third-order valence-corrected chi connectivity index (χ3v) is 3.41. The molecule has 0 aliphatic rings. The summed E-state index contributed by atoms with van der Waals surface area (Å²) in [6.45, 7) is 12.6. The van der Waals surface area contributed by atoms with Gasteiger partial charge in [0, 0.05) is 25.2 Å². The maximum Gasteiger partial charge on any atom is 0.255 e. The lowest BCUT2D eigenvalue weighted by atomic mass is 10.2. The molecule has 1 aromatic carbocycles. The molecule has 118 valence electrons. The van der Waals surface area contributed by atoms with Crippen molar-refractivity contribution in [3.63, 3.8) is 0 Å². The molecule has 1 amide bonds. The molecule has 0 atom stereocenters. The average Bonchev–Trinajstić information content (AvgIpc) is 2.43. The van der Waals surface area contributed by atoms with Crippen molar-refractivity contribution in [2.24, 2.45) is 0 Å². The third kappa shape index (κ3) is 5.38. The highest BCUT2D eigenvalue weighted by Gasteiger charge is 2.15. The SMILES string of the molecule is CCOc1ccccc1C(=O)NCCN(C(C)C)C(C)C. The van der Waals surface area contributed by atoms with Gasteiger partial charge in [-0.15, -0.1) is 0 Å². The van der Waals surface area contributed by atoms with Crippen LogP contribution in [0.5, 0.6) is 5.75 Å². The van der Waals surface area contributed by atoms with Gasteiger partial charge in [-0.25, -0.2) is 0 Å². The average molecular weight is 292 g/mol. The number of hydrogen-bond acceptors (Lipinski definition) is 3. The fraction of sp³-hybridized carbons (Fsp3) is 0.588. The van der Waals surface area contributed by atoms with Crippen LogP contribution in [0.2, 0.25) is 0 Å². The van der Waals surface area contributed by atoms with E-state index in [0.717, 1.165) is 6.54 Å². The van der Waals surface area contributed by atoms with Crippen LogP contribution in [0.1, 0.15) is 45.0 Å². The molecular formula is C17H28N2O2. The van der Waals surface area contributed by atoms with Gasteiger partial charge in [0.05, 0.1) is 12.2 Å². The van der Waals surface area contributed by atoms with Crippen molar-refractivity contribution in [3.05, 3.63) is 29.8 Å². The van der Waals surface area contributed by atoms with E-state index >= 15 is 0 Å². The quantitative estimate of drug-likeness (QED) is 0.801. The Morgan fingerprint density at radius 3 is 2.38 bits per heavy atom. The smallest absolute Gasteiger partial charge is 0.255 e. The monoisotopic (exact) mass is 292 g/mol. The number of carbonyl (C=O) groups is 1. The van der Waals surface area contributed by atoms with Crippen LogP contribution in [-0.4, -0.2) is 42.6 Å². The Morgan fingerprint density at radius 2 is 1.81 bits per heavy atom. The van der Waals surface area contributed by atoms with E-state index in [9.17, 15) is 4.79 Å². The van der Waals surface area contributed by atoms with Crippen LogP contribution in [0.4, 0.5) is 0 Å². The van der Waals surface area contributed by atoms with Gasteiger partial charge in [0.2, 0.25) is 0 Å². The van der Waals surface area contributed by atoms with Gasteiger partial charge in [0.25, 0.3) is 5.91 Å². The first-order valence-corrected chi connectivity index (χ1v) is 7.73. The van der Waals surface area contributed by atoms with Crippen LogP contribution in [0.25, 0.3) is 0 Å². The fourth-order valence-electron chi connectivity index (χ4n) is 2.44. The Labute approximate surface area is 128 Å². The third-order valence-electron chi connectivity index (χ3n) is 3.41. The van der Waals surface area contributed by atoms with E-state index in [1.807, 2.05) is 25.1 Å². The van der Waals surface area contributed by atoms with Gasteiger partial charge in [0.15, 0.2) is 0 Å². The zero-order chi connectivity index (χ0) is 15.8. The normalized spacial score (nSPS) is 11.2. The topological polar surface area (TPSA) is 41.6 Å². The van der Waals surface area contributed by atoms with Crippen molar-refractivity contribution in [2.45, 2.75) is 46.7 Å². The molecule has 1 rings (SSSR count). The van der Waals surface area contributed by atoms with Crippen molar-refractivity contribution in [3.8, 4) is 5.75 Å². The van der Waals surface area contributed by atoms with Gasteiger partial charge >= 0.3 is 0 Å². The Kier molecular flexibility index (Phi) is 7.23. The predicted octanol–water partition coefficient (Wildman–Crippen LogP) is 2.93. The standard InChI is InChI=1S/C17H28N2O2/c1-6-21-16-10-8-7-9-15(16)17(20)18-11-12-19(13(2)3)14(4)5/h7-10,13-14H,6,11-12H2,1-5H3,(H,18,20). The van der Waals surface area contributed by atoms with Gasteiger partial charge in [-0.05, 0) is 46.8 Å². The molecule has 1 aromatic rings. The minimum absolute atomic E-state index is 0.0773. The van der Waals surface area contributed by atoms with Crippen LogP contribution >= 0.6 is 0 Å². The molecule has 0 aliphatic heterocycles. The number of nitrogens with zero attached hydrogens (tertiary/aromatic N) is 1. The second-order valence-electron chi connectivity index (χ2n) is 5.61. The lowest BCUT2D eigenvalue weighted by Gasteiger charge is -2.30. The molecule has 0 heterocycles. The highest BCUT2D eigenvalue weighted by atomic mass is 16.5. The Hall–Kier alpha value is -1.55. The summed E-state index contributed by atoms with van der Waals surface area (Å²) >= 11 is 0. The lowest BCUT2D eigenvalue weighted by Crippen LogP contribution is -2.42. The number of para-hydroxylation sites is 1. The van der Waals surface area contributed by atoms with Crippen molar-refractivity contribution < 1.29 is 9.53 Å². The second-order valence-corrected chi connectivity index (χ2v) is 5.61. The van der Waals surface area contributed by atoms with E-state index in [4.69, 9.17) is 4.74 Å². The maximum atomic E-state index is 12.3. The zero-order valence-electron chi connectivity index (χ0n) is 13.8. The zero-order valence-corrected chi connectivity index (χ0v) is 13.8. The molecule has 0 aliphatic carbocycles. The summed E-state index contributed by atoms with van der Waals surface area (Å²) in [6.07, 6.45) is 0. The number of hydrogen-bond donors (Lipinski definition) is 1. The van der Waals surface area contributed by atoms with Crippen LogP contribution in [0, 0.1) is 0 Å². The summed E-state index contributed by atoms with van der Waals surface area (Å²) in [5.41, 5.74) is 0.597. The van der Waals surface area contributed by atoms with E-state index in [1.165, 1.54) is 0 Å². The van der Waals surface area contributed by atoms with Gasteiger partial charge < -0.3 is 10.1 Å². The Morgan fingerprint density at radius 1 is 1.19 bits per heavy atom. The molecule has 4 heteroatoms. The molecule has 21 heavy (non-hydrogen) atoms. The molecule has 0 radical (unpaired) electrons. The van der Waals surface area contributed by atoms with Crippen molar-refractivity contribution in [1.82, 2.24) is 10.2 Å². The lowest BCUT2D eigenvalue weighted by molar-refractivity contribution is 0.0935. The highest BCUT2D eigenvalue weighted by Crippen LogP contribution is 2.17. The summed E-state index contributed by atoms with van der Waals surface area (Å²) in [4.78, 5) is 14.6. The fourth-order valence-corrected chi connectivity index (χ4v) is 2.44. The largest absolute Gasteiger partial charge is 0.493 e. The van der Waals surface area contributed by atoms with Crippen molar-refractivity contribution in [1.29, 1.82) is 0 Å². The molecule has 0 saturated carbocycles. The second kappa shape index (κ2) is 8.67. The van der Waals surface area contributed by atoms with Crippen LogP contribution in [0.3, 0.4) is 0 Å². The van der Waals surface area contributed by atoms with Crippen LogP contribution in [0.15, 0.2) is 24.3 Å². The Balaban J connectivity index is 2.58. The summed E-state index contributed by atoms with van der Waals surface area (Å²) in [7, 11) is 0. The van der Waals surface area contributed by atoms with Crippen LogP contribution < -0.4 is 10.1 Å². The number of nitrogens with one attached hydrogen (secondary N) is 1. The number of amides is 1. The van der Waals surface area contributed by atoms with E-state index in [-0.39, 0.29) is 5.91 Å². The first-order valence-electron chi connectivity index (χ1n) is 7.73. The minimum atomic E-state index is -0.0773. The van der Waals surface area contributed by atoms with Gasteiger partial charge in [-0.2, -0.15) is 0 Å². The molecule has 1 N–H and O–H groups in total. The summed E-state index contributed by atoms with van der Waals surface area (Å²) in [5.74, 6) is 0.564. The number of rotatable bonds is 8. The van der Waals surface area contributed by atoms with E-state index in [1.54, 1.807) is 6.07 Å². The van der Waals surface area contributed by atoms with E-state index in [0.29, 0.717) is 36.5 Å². The summed E-state index contributed by atoms with van der Waals surface area (Å²) < 4.78 is 5.49. The minimum Gasteiger partial charge on any atom is -0.493 e. The first-order chi connectivity index (χ1) is 9.97. The van der Waals surface area contributed by atoms with Gasteiger partial charge in [-0.1, -0.05) is 12.1 Å². The van der Waals surface area contributed by atoms with Crippen molar-refractivity contribution in [2.75, 3.05) is 19.7 Å². The maximum absolute atomic E-state index is 12.3. The van der Waals surface area contributed by atoms with E-state index < -0.39 is 0 Å². The summed E-state index contributed by atoms with van der Waals surface area (Å²) in [5, 5.41) is 2.98. The molecule has 0 saturated heterocycles. The number of carbonyl (C=O) groups excluding carboxylic acids is 1. The molecule has 4 nitrogen and oxygen atoms in total. The van der Waals surface area contributed by atoms with Crippen molar-refractivity contribution >= 4 is 5.91 Å². The van der Waals surface area contributed by atoms with Gasteiger partial charge in [-0.3, -0.25) is 9.69 Å². The Bertz CT molecular complexity index is 436.